The fourth-order valence-corrected chi connectivity index (χ4v) is 0.796. The summed E-state index contributed by atoms with van der Waals surface area (Å²) in [6.07, 6.45) is -0.0378. The lowest BCUT2D eigenvalue weighted by Gasteiger charge is -1.93. The molecule has 0 aromatic heterocycles. The fourth-order valence-electron chi connectivity index (χ4n) is 0.570. The number of hydrogen-bond donors (Lipinski definition) is 1. The summed E-state index contributed by atoms with van der Waals surface area (Å²) >= 11 is 5.52. The van der Waals surface area contributed by atoms with Gasteiger partial charge in [0.2, 0.25) is 0 Å². The SMILES string of the molecule is OC1CC(Cl)CO1. The average molecular weight is 123 g/mol. The minimum Gasteiger partial charge on any atom is -0.368 e. The highest BCUT2D eigenvalue weighted by Gasteiger charge is 2.20. The van der Waals surface area contributed by atoms with Gasteiger partial charge in [-0.2, -0.15) is 0 Å². The van der Waals surface area contributed by atoms with Gasteiger partial charge in [0, 0.05) is 6.42 Å². The van der Waals surface area contributed by atoms with Crippen LogP contribution in [0.1, 0.15) is 6.42 Å². The van der Waals surface area contributed by atoms with E-state index >= 15 is 0 Å². The van der Waals surface area contributed by atoms with Gasteiger partial charge in [0.15, 0.2) is 6.29 Å². The maximum atomic E-state index is 8.59. The first-order valence-electron chi connectivity index (χ1n) is 2.23. The Morgan fingerprint density at radius 3 is 2.57 bits per heavy atom. The number of hydrogen-bond acceptors (Lipinski definition) is 2. The third-order valence-corrected chi connectivity index (χ3v) is 1.23. The van der Waals surface area contributed by atoms with Crippen molar-refractivity contribution in [3.05, 3.63) is 0 Å². The van der Waals surface area contributed by atoms with Crippen LogP contribution in [0.25, 0.3) is 0 Å². The lowest BCUT2D eigenvalue weighted by atomic mass is 10.4. The van der Waals surface area contributed by atoms with Crippen molar-refractivity contribution in [3.63, 3.8) is 0 Å². The Balaban J connectivity index is 2.26. The van der Waals surface area contributed by atoms with Gasteiger partial charge in [-0.25, -0.2) is 0 Å². The highest BCUT2D eigenvalue weighted by molar-refractivity contribution is 6.20. The predicted octanol–water partition coefficient (Wildman–Crippen LogP) is 0.333. The molecule has 1 aliphatic rings. The third-order valence-electron chi connectivity index (χ3n) is 0.927. The summed E-state index contributed by atoms with van der Waals surface area (Å²) in [5.74, 6) is 0. The standard InChI is InChI=1S/C4H7ClO2/c5-3-1-4(6)7-2-3/h3-4,6H,1-2H2. The van der Waals surface area contributed by atoms with Crippen LogP contribution >= 0.6 is 11.6 Å². The van der Waals surface area contributed by atoms with Crippen LogP contribution in [0.3, 0.4) is 0 Å². The van der Waals surface area contributed by atoms with Gasteiger partial charge in [0.05, 0.1) is 12.0 Å². The van der Waals surface area contributed by atoms with Crippen LogP contribution in [0.15, 0.2) is 0 Å². The molecule has 42 valence electrons. The monoisotopic (exact) mass is 122 g/mol. The van der Waals surface area contributed by atoms with Crippen LogP contribution in [0.2, 0.25) is 0 Å². The van der Waals surface area contributed by atoms with Crippen LogP contribution in [0.5, 0.6) is 0 Å². The summed E-state index contributed by atoms with van der Waals surface area (Å²) < 4.78 is 4.69. The van der Waals surface area contributed by atoms with Gasteiger partial charge >= 0.3 is 0 Å². The Morgan fingerprint density at radius 2 is 2.43 bits per heavy atom. The van der Waals surface area contributed by atoms with Crippen LogP contribution in [0, 0.1) is 0 Å². The first-order chi connectivity index (χ1) is 3.29. The number of alkyl halides is 1. The molecule has 2 unspecified atom stereocenters. The molecule has 0 bridgehead atoms. The number of rotatable bonds is 0. The van der Waals surface area contributed by atoms with E-state index in [1.807, 2.05) is 0 Å². The van der Waals surface area contributed by atoms with E-state index in [0.29, 0.717) is 13.0 Å². The summed E-state index contributed by atoms with van der Waals surface area (Å²) in [6.45, 7) is 0.489. The van der Waals surface area contributed by atoms with E-state index in [1.54, 1.807) is 0 Å². The largest absolute Gasteiger partial charge is 0.368 e. The maximum absolute atomic E-state index is 8.59. The van der Waals surface area contributed by atoms with E-state index < -0.39 is 6.29 Å². The molecule has 1 heterocycles. The number of aliphatic hydroxyl groups excluding tert-OH is 1. The van der Waals surface area contributed by atoms with Gasteiger partial charge in [-0.3, -0.25) is 0 Å². The average Bonchev–Trinajstić information content (AvgIpc) is 1.87. The molecule has 1 aliphatic heterocycles. The first kappa shape index (κ1) is 5.35. The predicted molar refractivity (Wildman–Crippen MR) is 26.2 cm³/mol. The second-order valence-corrected chi connectivity index (χ2v) is 2.24. The van der Waals surface area contributed by atoms with Crippen LogP contribution in [0.4, 0.5) is 0 Å². The molecule has 1 rings (SSSR count). The first-order valence-corrected chi connectivity index (χ1v) is 2.66. The number of aliphatic hydroxyl groups is 1. The van der Waals surface area contributed by atoms with Crippen molar-refractivity contribution in [2.45, 2.75) is 18.1 Å². The molecule has 0 amide bonds. The van der Waals surface area contributed by atoms with Gasteiger partial charge in [-0.15, -0.1) is 11.6 Å². The summed E-state index contributed by atoms with van der Waals surface area (Å²) in [4.78, 5) is 0. The smallest absolute Gasteiger partial charge is 0.156 e. The molecule has 2 atom stereocenters. The molecule has 0 aromatic rings. The number of halogens is 1. The van der Waals surface area contributed by atoms with Gasteiger partial charge in [0.1, 0.15) is 0 Å². The fraction of sp³-hybridized carbons (Fsp3) is 1.00. The van der Waals surface area contributed by atoms with Gasteiger partial charge < -0.3 is 9.84 Å². The molecule has 1 fully saturated rings. The van der Waals surface area contributed by atoms with Crippen molar-refractivity contribution in [1.82, 2.24) is 0 Å². The van der Waals surface area contributed by atoms with Crippen LogP contribution in [-0.4, -0.2) is 23.4 Å². The van der Waals surface area contributed by atoms with E-state index in [-0.39, 0.29) is 5.38 Å². The second-order valence-electron chi connectivity index (χ2n) is 1.62. The van der Waals surface area contributed by atoms with E-state index in [4.69, 9.17) is 16.7 Å². The highest BCUT2D eigenvalue weighted by atomic mass is 35.5. The molecular weight excluding hydrogens is 115 g/mol. The molecule has 0 saturated carbocycles. The third kappa shape index (κ3) is 1.30. The minimum atomic E-state index is -0.609. The van der Waals surface area contributed by atoms with Gasteiger partial charge in [-0.1, -0.05) is 0 Å². The molecule has 0 aliphatic carbocycles. The molecular formula is C4H7ClO2. The van der Waals surface area contributed by atoms with Crippen molar-refractivity contribution in [1.29, 1.82) is 0 Å². The van der Waals surface area contributed by atoms with Crippen LogP contribution in [-0.2, 0) is 4.74 Å². The van der Waals surface area contributed by atoms with Crippen molar-refractivity contribution < 1.29 is 9.84 Å². The zero-order valence-corrected chi connectivity index (χ0v) is 4.56. The van der Waals surface area contributed by atoms with Crippen LogP contribution < -0.4 is 0 Å². The second kappa shape index (κ2) is 1.99. The van der Waals surface area contributed by atoms with Crippen molar-refractivity contribution in [3.8, 4) is 0 Å². The van der Waals surface area contributed by atoms with Crippen molar-refractivity contribution in [2.24, 2.45) is 0 Å². The highest BCUT2D eigenvalue weighted by Crippen LogP contribution is 2.14. The molecule has 3 heteroatoms. The lowest BCUT2D eigenvalue weighted by molar-refractivity contribution is -0.0588. The Bertz CT molecular complexity index is 58.7. The Hall–Kier alpha value is 0.210. The molecule has 7 heavy (non-hydrogen) atoms. The minimum absolute atomic E-state index is 0.0231. The van der Waals surface area contributed by atoms with Crippen molar-refractivity contribution in [2.75, 3.05) is 6.61 Å². The zero-order chi connectivity index (χ0) is 5.28. The van der Waals surface area contributed by atoms with Gasteiger partial charge in [-0.05, 0) is 0 Å². The molecule has 0 aromatic carbocycles. The number of ether oxygens (including phenoxy) is 1. The van der Waals surface area contributed by atoms with E-state index in [0.717, 1.165) is 0 Å². The Morgan fingerprint density at radius 1 is 1.71 bits per heavy atom. The zero-order valence-electron chi connectivity index (χ0n) is 3.80. The topological polar surface area (TPSA) is 29.5 Å². The molecule has 1 saturated heterocycles. The lowest BCUT2D eigenvalue weighted by Crippen LogP contribution is -2.00. The normalized spacial score (nSPS) is 42.0. The quantitative estimate of drug-likeness (QED) is 0.470. The summed E-state index contributed by atoms with van der Waals surface area (Å²) in [7, 11) is 0. The summed E-state index contributed by atoms with van der Waals surface area (Å²) in [5, 5.41) is 8.62. The summed E-state index contributed by atoms with van der Waals surface area (Å²) in [6, 6.07) is 0. The van der Waals surface area contributed by atoms with E-state index in [1.165, 1.54) is 0 Å². The maximum Gasteiger partial charge on any atom is 0.156 e. The molecule has 1 N–H and O–H groups in total. The molecule has 0 spiro atoms. The Kier molecular flexibility index (Phi) is 1.52. The molecule has 2 nitrogen and oxygen atoms in total. The van der Waals surface area contributed by atoms with E-state index in [2.05, 4.69) is 4.74 Å². The van der Waals surface area contributed by atoms with Gasteiger partial charge in [0.25, 0.3) is 0 Å². The molecule has 0 radical (unpaired) electrons. The van der Waals surface area contributed by atoms with E-state index in [9.17, 15) is 0 Å². The van der Waals surface area contributed by atoms with Crippen molar-refractivity contribution >= 4 is 11.6 Å². The summed E-state index contributed by atoms with van der Waals surface area (Å²) in [5.41, 5.74) is 0. The Labute approximate surface area is 47.0 Å².